The normalized spacial score (nSPS) is 13.7. The SMILES string of the molecule is CCCCCCCCCCCCCC=CC=CC=CC=C(C(=O)O)C(CCCCCC=CC=CC=CC=CC(=O)O)CCCCCCC. The van der Waals surface area contributed by atoms with Crippen LogP contribution in [-0.2, 0) is 9.59 Å². The van der Waals surface area contributed by atoms with Crippen LogP contribution in [0.4, 0.5) is 0 Å². The smallest absolute Gasteiger partial charge is 0.331 e. The highest BCUT2D eigenvalue weighted by Crippen LogP contribution is 2.26. The number of unbranched alkanes of at least 4 members (excludes halogenated alkanes) is 18. The van der Waals surface area contributed by atoms with Crippen molar-refractivity contribution in [1.29, 1.82) is 0 Å². The second-order valence-electron chi connectivity index (χ2n) is 12.9. The molecule has 0 aliphatic rings. The molecule has 0 heterocycles. The lowest BCUT2D eigenvalue weighted by molar-refractivity contribution is -0.133. The minimum Gasteiger partial charge on any atom is -0.478 e. The molecule has 2 N–H and O–H groups in total. The lowest BCUT2D eigenvalue weighted by Gasteiger charge is -2.18. The number of hydrogen-bond donors (Lipinski definition) is 2. The molecule has 1 atom stereocenters. The summed E-state index contributed by atoms with van der Waals surface area (Å²) in [6.45, 7) is 4.49. The molecular formula is C44H70O4. The highest BCUT2D eigenvalue weighted by atomic mass is 16.4. The van der Waals surface area contributed by atoms with E-state index < -0.39 is 11.9 Å². The molecule has 1 unspecified atom stereocenters. The summed E-state index contributed by atoms with van der Waals surface area (Å²) in [4.78, 5) is 22.7. The summed E-state index contributed by atoms with van der Waals surface area (Å²) >= 11 is 0. The van der Waals surface area contributed by atoms with Gasteiger partial charge < -0.3 is 10.2 Å². The van der Waals surface area contributed by atoms with Gasteiger partial charge in [-0.3, -0.25) is 0 Å². The first-order valence-electron chi connectivity index (χ1n) is 19.4. The van der Waals surface area contributed by atoms with Gasteiger partial charge in [0.15, 0.2) is 0 Å². The maximum absolute atomic E-state index is 12.3. The first-order chi connectivity index (χ1) is 23.5. The first-order valence-corrected chi connectivity index (χ1v) is 19.4. The number of carboxylic acids is 2. The third kappa shape index (κ3) is 32.8. The van der Waals surface area contributed by atoms with Crippen LogP contribution in [0.5, 0.6) is 0 Å². The molecule has 0 aromatic carbocycles. The molecule has 4 nitrogen and oxygen atoms in total. The van der Waals surface area contributed by atoms with Gasteiger partial charge in [0.05, 0.1) is 0 Å². The molecule has 0 aromatic rings. The lowest BCUT2D eigenvalue weighted by atomic mass is 9.87. The Morgan fingerprint density at radius 3 is 1.29 bits per heavy atom. The lowest BCUT2D eigenvalue weighted by Crippen LogP contribution is -2.13. The maximum Gasteiger partial charge on any atom is 0.331 e. The fourth-order valence-electron chi connectivity index (χ4n) is 5.68. The average Bonchev–Trinajstić information content (AvgIpc) is 3.06. The third-order valence-electron chi connectivity index (χ3n) is 8.53. The molecule has 48 heavy (non-hydrogen) atoms. The molecule has 0 radical (unpaired) electrons. The molecule has 0 aromatic heterocycles. The zero-order valence-electron chi connectivity index (χ0n) is 30.7. The Bertz CT molecular complexity index is 1000. The summed E-state index contributed by atoms with van der Waals surface area (Å²) in [7, 11) is 0. The molecule has 0 aliphatic carbocycles. The summed E-state index contributed by atoms with van der Waals surface area (Å²) in [5.41, 5.74) is 0.540. The van der Waals surface area contributed by atoms with E-state index in [0.29, 0.717) is 5.57 Å². The predicted molar refractivity (Wildman–Crippen MR) is 208 cm³/mol. The van der Waals surface area contributed by atoms with Crippen LogP contribution in [0, 0.1) is 5.92 Å². The molecule has 0 aliphatic heterocycles. The summed E-state index contributed by atoms with van der Waals surface area (Å²) in [6, 6.07) is 0. The molecule has 4 heteroatoms. The Morgan fingerprint density at radius 2 is 0.833 bits per heavy atom. The van der Waals surface area contributed by atoms with Crippen LogP contribution in [0.1, 0.15) is 162 Å². The van der Waals surface area contributed by atoms with Gasteiger partial charge in [-0.25, -0.2) is 9.59 Å². The van der Waals surface area contributed by atoms with Crippen molar-refractivity contribution >= 4 is 11.9 Å². The summed E-state index contributed by atoms with van der Waals surface area (Å²) in [5, 5.41) is 18.6. The van der Waals surface area contributed by atoms with E-state index >= 15 is 0 Å². The topological polar surface area (TPSA) is 74.6 Å². The van der Waals surface area contributed by atoms with E-state index in [1.54, 1.807) is 12.2 Å². The Kier molecular flexibility index (Phi) is 34.3. The Labute approximate surface area is 295 Å². The summed E-state index contributed by atoms with van der Waals surface area (Å²) in [6.07, 6.45) is 56.2. The number of hydrogen-bond acceptors (Lipinski definition) is 2. The highest BCUT2D eigenvalue weighted by molar-refractivity contribution is 5.87. The van der Waals surface area contributed by atoms with Crippen molar-refractivity contribution in [3.05, 3.63) is 96.7 Å². The van der Waals surface area contributed by atoms with Crippen molar-refractivity contribution in [1.82, 2.24) is 0 Å². The van der Waals surface area contributed by atoms with Crippen molar-refractivity contribution in [2.45, 2.75) is 162 Å². The van der Waals surface area contributed by atoms with Gasteiger partial charge in [-0.15, -0.1) is 0 Å². The largest absolute Gasteiger partial charge is 0.478 e. The van der Waals surface area contributed by atoms with Gasteiger partial charge in [-0.1, -0.05) is 208 Å². The second kappa shape index (κ2) is 36.7. The maximum atomic E-state index is 12.3. The number of carbonyl (C=O) groups is 2. The molecule has 0 amide bonds. The Morgan fingerprint density at radius 1 is 0.458 bits per heavy atom. The molecule has 0 spiro atoms. The van der Waals surface area contributed by atoms with Gasteiger partial charge in [0.2, 0.25) is 0 Å². The van der Waals surface area contributed by atoms with Crippen LogP contribution in [0.15, 0.2) is 96.7 Å². The fraction of sp³-hybridized carbons (Fsp3) is 0.591. The van der Waals surface area contributed by atoms with Gasteiger partial charge in [0, 0.05) is 11.6 Å². The number of carboxylic acid groups (broad SMARTS) is 2. The standard InChI is InChI=1S/C44H70O4/c1-3-5-7-9-10-11-12-13-14-15-16-17-18-21-24-27-31-35-39-42(44(47)48)41(37-33-29-8-6-4-2)38-34-30-26-23-20-19-22-25-28-32-36-40-43(45)46/h18-22,24-25,27-28,31-32,35-36,39-41H,3-17,23,26,29-30,33-34,37-38H2,1-2H3,(H,45,46)(H,47,48). The van der Waals surface area contributed by atoms with Crippen molar-refractivity contribution in [2.24, 2.45) is 5.92 Å². The molecular weight excluding hydrogens is 592 g/mol. The fourth-order valence-corrected chi connectivity index (χ4v) is 5.68. The third-order valence-corrected chi connectivity index (χ3v) is 8.53. The van der Waals surface area contributed by atoms with Crippen molar-refractivity contribution in [3.63, 3.8) is 0 Å². The van der Waals surface area contributed by atoms with Crippen LogP contribution in [0.25, 0.3) is 0 Å². The first kappa shape index (κ1) is 44.9. The van der Waals surface area contributed by atoms with E-state index in [0.717, 1.165) is 57.4 Å². The minimum atomic E-state index is -0.954. The van der Waals surface area contributed by atoms with Gasteiger partial charge in [0.1, 0.15) is 0 Å². The summed E-state index contributed by atoms with van der Waals surface area (Å²) < 4.78 is 0. The monoisotopic (exact) mass is 663 g/mol. The Hall–Kier alpha value is -3.14. The average molecular weight is 663 g/mol. The van der Waals surface area contributed by atoms with Gasteiger partial charge in [-0.05, 0) is 44.4 Å². The number of rotatable bonds is 33. The van der Waals surface area contributed by atoms with Crippen LogP contribution in [0.3, 0.4) is 0 Å². The van der Waals surface area contributed by atoms with Gasteiger partial charge >= 0.3 is 11.9 Å². The van der Waals surface area contributed by atoms with E-state index in [2.05, 4.69) is 32.1 Å². The Balaban J connectivity index is 4.57. The number of aliphatic carboxylic acids is 2. The van der Waals surface area contributed by atoms with E-state index in [4.69, 9.17) is 5.11 Å². The van der Waals surface area contributed by atoms with Crippen molar-refractivity contribution in [2.75, 3.05) is 0 Å². The molecule has 0 bridgehead atoms. The predicted octanol–water partition coefficient (Wildman–Crippen LogP) is 13.6. The second-order valence-corrected chi connectivity index (χ2v) is 12.9. The van der Waals surface area contributed by atoms with Crippen LogP contribution < -0.4 is 0 Å². The zero-order chi connectivity index (χ0) is 35.2. The van der Waals surface area contributed by atoms with Crippen LogP contribution >= 0.6 is 0 Å². The molecule has 0 rings (SSSR count). The van der Waals surface area contributed by atoms with E-state index in [1.165, 1.54) is 102 Å². The molecule has 0 saturated carbocycles. The highest BCUT2D eigenvalue weighted by Gasteiger charge is 2.19. The van der Waals surface area contributed by atoms with E-state index in [9.17, 15) is 14.7 Å². The minimum absolute atomic E-state index is 0.0869. The molecule has 0 fully saturated rings. The molecule has 270 valence electrons. The van der Waals surface area contributed by atoms with Crippen molar-refractivity contribution in [3.8, 4) is 0 Å². The van der Waals surface area contributed by atoms with Gasteiger partial charge in [0.25, 0.3) is 0 Å². The van der Waals surface area contributed by atoms with E-state index in [-0.39, 0.29) is 5.92 Å². The van der Waals surface area contributed by atoms with E-state index in [1.807, 2.05) is 48.6 Å². The van der Waals surface area contributed by atoms with Crippen LogP contribution in [0.2, 0.25) is 0 Å². The quantitative estimate of drug-likeness (QED) is 0.0416. The summed E-state index contributed by atoms with van der Waals surface area (Å²) in [5.74, 6) is -1.66. The van der Waals surface area contributed by atoms with Gasteiger partial charge in [-0.2, -0.15) is 0 Å². The zero-order valence-corrected chi connectivity index (χ0v) is 30.7. The van der Waals surface area contributed by atoms with Crippen molar-refractivity contribution < 1.29 is 19.8 Å². The number of allylic oxidation sites excluding steroid dienone is 14. The molecule has 0 saturated heterocycles. The van der Waals surface area contributed by atoms with Crippen LogP contribution in [-0.4, -0.2) is 22.2 Å².